The summed E-state index contributed by atoms with van der Waals surface area (Å²) in [6, 6.07) is 3.79. The smallest absolute Gasteiger partial charge is 0.252 e. The highest BCUT2D eigenvalue weighted by Crippen LogP contribution is 2.04. The molecule has 0 spiro atoms. The molecule has 1 aromatic rings. The summed E-state index contributed by atoms with van der Waals surface area (Å²) in [6.45, 7) is 8.66. The number of hydrazine groups is 1. The lowest BCUT2D eigenvalue weighted by atomic mass is 10.2. The van der Waals surface area contributed by atoms with Crippen LogP contribution in [0.5, 0.6) is 0 Å². The largest absolute Gasteiger partial charge is 0.379 e. The molecule has 0 unspecified atom stereocenters. The highest BCUT2D eigenvalue weighted by Gasteiger charge is 2.05. The van der Waals surface area contributed by atoms with Crippen molar-refractivity contribution in [2.75, 3.05) is 58.2 Å². The molecule has 0 saturated heterocycles. The lowest BCUT2D eigenvalue weighted by Gasteiger charge is -2.11. The zero-order valence-electron chi connectivity index (χ0n) is 17.0. The van der Waals surface area contributed by atoms with E-state index < -0.39 is 0 Å². The number of nitrogens with two attached hydrogens (primary N) is 1. The highest BCUT2D eigenvalue weighted by molar-refractivity contribution is 5.93. The van der Waals surface area contributed by atoms with Crippen LogP contribution in [0.3, 0.4) is 0 Å². The summed E-state index contributed by atoms with van der Waals surface area (Å²) in [7, 11) is 0. The van der Waals surface area contributed by atoms with Crippen LogP contribution in [-0.2, 0) is 14.2 Å². The highest BCUT2D eigenvalue weighted by atomic mass is 16.5. The first kappa shape index (κ1) is 24.3. The van der Waals surface area contributed by atoms with E-state index in [1.165, 1.54) is 0 Å². The second kappa shape index (κ2) is 16.2. The van der Waals surface area contributed by atoms with Crippen LogP contribution < -0.4 is 21.9 Å². The summed E-state index contributed by atoms with van der Waals surface area (Å²) >= 11 is 0. The molecule has 5 N–H and O–H groups in total. The van der Waals surface area contributed by atoms with Crippen molar-refractivity contribution in [1.82, 2.24) is 15.7 Å². The third-order valence-corrected chi connectivity index (χ3v) is 3.50. The first-order valence-electron chi connectivity index (χ1n) is 9.82. The molecule has 160 valence electrons. The van der Waals surface area contributed by atoms with E-state index in [1.54, 1.807) is 18.3 Å². The second-order valence-corrected chi connectivity index (χ2v) is 6.44. The Morgan fingerprint density at radius 2 is 1.68 bits per heavy atom. The number of carbonyl (C=O) groups is 1. The fourth-order valence-corrected chi connectivity index (χ4v) is 2.03. The first-order chi connectivity index (χ1) is 13.6. The molecule has 0 aromatic carbocycles. The SMILES string of the molecule is CC(C)NNc1ccc(C(=O)NCCCOCCOCCOCCCN)cn1. The molecule has 0 aliphatic rings. The van der Waals surface area contributed by atoms with E-state index in [0.29, 0.717) is 70.2 Å². The molecule has 0 aliphatic heterocycles. The third-order valence-electron chi connectivity index (χ3n) is 3.50. The fourth-order valence-electron chi connectivity index (χ4n) is 2.03. The van der Waals surface area contributed by atoms with Gasteiger partial charge in [-0.15, -0.1) is 0 Å². The minimum Gasteiger partial charge on any atom is -0.379 e. The molecule has 1 aromatic heterocycles. The molecule has 1 heterocycles. The van der Waals surface area contributed by atoms with Crippen LogP contribution in [0.4, 0.5) is 5.82 Å². The Bertz CT molecular complexity index is 514. The third kappa shape index (κ3) is 12.6. The van der Waals surface area contributed by atoms with Crippen molar-refractivity contribution in [2.45, 2.75) is 32.7 Å². The van der Waals surface area contributed by atoms with E-state index in [-0.39, 0.29) is 5.91 Å². The first-order valence-corrected chi connectivity index (χ1v) is 9.82. The van der Waals surface area contributed by atoms with Crippen LogP contribution in [0.25, 0.3) is 0 Å². The number of anilines is 1. The van der Waals surface area contributed by atoms with Gasteiger partial charge < -0.3 is 30.7 Å². The van der Waals surface area contributed by atoms with Crippen LogP contribution >= 0.6 is 0 Å². The molecular weight excluding hydrogens is 362 g/mol. The monoisotopic (exact) mass is 397 g/mol. The van der Waals surface area contributed by atoms with Gasteiger partial charge in [-0.25, -0.2) is 10.4 Å². The van der Waals surface area contributed by atoms with Gasteiger partial charge in [-0.05, 0) is 45.4 Å². The van der Waals surface area contributed by atoms with Gasteiger partial charge in [0.1, 0.15) is 5.82 Å². The Labute approximate surface area is 167 Å². The van der Waals surface area contributed by atoms with Gasteiger partial charge >= 0.3 is 0 Å². The van der Waals surface area contributed by atoms with Crippen LogP contribution in [0, 0.1) is 0 Å². The minimum atomic E-state index is -0.145. The zero-order chi connectivity index (χ0) is 20.5. The van der Waals surface area contributed by atoms with Gasteiger partial charge in [0.2, 0.25) is 0 Å². The Kier molecular flexibility index (Phi) is 14.0. The normalized spacial score (nSPS) is 11.0. The van der Waals surface area contributed by atoms with Gasteiger partial charge in [-0.1, -0.05) is 0 Å². The topological polar surface area (TPSA) is 120 Å². The zero-order valence-corrected chi connectivity index (χ0v) is 17.0. The van der Waals surface area contributed by atoms with Gasteiger partial charge in [0.25, 0.3) is 5.91 Å². The molecule has 9 heteroatoms. The van der Waals surface area contributed by atoms with E-state index in [9.17, 15) is 4.79 Å². The molecule has 1 rings (SSSR count). The summed E-state index contributed by atoms with van der Waals surface area (Å²) in [5.74, 6) is 0.525. The molecule has 0 bridgehead atoms. The quantitative estimate of drug-likeness (QED) is 0.226. The summed E-state index contributed by atoms with van der Waals surface area (Å²) in [5, 5.41) is 2.85. The van der Waals surface area contributed by atoms with Gasteiger partial charge in [-0.2, -0.15) is 0 Å². The molecule has 0 atom stereocenters. The van der Waals surface area contributed by atoms with Crippen LogP contribution in [-0.4, -0.2) is 69.7 Å². The maximum atomic E-state index is 12.1. The van der Waals surface area contributed by atoms with Gasteiger partial charge in [0.05, 0.1) is 32.0 Å². The van der Waals surface area contributed by atoms with Gasteiger partial charge in [0, 0.05) is 32.0 Å². The van der Waals surface area contributed by atoms with Crippen molar-refractivity contribution >= 4 is 11.7 Å². The van der Waals surface area contributed by atoms with Crippen molar-refractivity contribution in [3.8, 4) is 0 Å². The molecule has 1 amide bonds. The van der Waals surface area contributed by atoms with Gasteiger partial charge in [-0.3, -0.25) is 4.79 Å². The van der Waals surface area contributed by atoms with Crippen molar-refractivity contribution in [3.63, 3.8) is 0 Å². The van der Waals surface area contributed by atoms with E-state index >= 15 is 0 Å². The Balaban J connectivity index is 1.97. The van der Waals surface area contributed by atoms with E-state index in [1.807, 2.05) is 13.8 Å². The summed E-state index contributed by atoms with van der Waals surface area (Å²) in [5.41, 5.74) is 11.9. The molecule has 9 nitrogen and oxygen atoms in total. The van der Waals surface area contributed by atoms with Crippen molar-refractivity contribution in [1.29, 1.82) is 0 Å². The number of nitrogens with zero attached hydrogens (tertiary/aromatic N) is 1. The number of rotatable bonds is 17. The average molecular weight is 398 g/mol. The molecule has 0 fully saturated rings. The number of pyridine rings is 1. The standard InChI is InChI=1S/C19H35N5O4/c1-16(2)23-24-18-6-5-17(15-22-18)19(25)21-8-4-10-27-12-14-28-13-11-26-9-3-7-20/h5-6,15-16,23H,3-4,7-14,20H2,1-2H3,(H,21,25)(H,22,24). The van der Waals surface area contributed by atoms with Crippen molar-refractivity contribution < 1.29 is 19.0 Å². The summed E-state index contributed by atoms with van der Waals surface area (Å²) in [6.07, 6.45) is 3.15. The number of nitrogens with one attached hydrogen (secondary N) is 3. The molecule has 0 radical (unpaired) electrons. The van der Waals surface area contributed by atoms with Crippen LogP contribution in [0.15, 0.2) is 18.3 Å². The van der Waals surface area contributed by atoms with E-state index in [0.717, 1.165) is 12.8 Å². The lowest BCUT2D eigenvalue weighted by molar-refractivity contribution is 0.0141. The predicted molar refractivity (Wildman–Crippen MR) is 109 cm³/mol. The molecular formula is C19H35N5O4. The number of ether oxygens (including phenoxy) is 3. The number of hydrogen-bond acceptors (Lipinski definition) is 8. The maximum Gasteiger partial charge on any atom is 0.252 e. The Morgan fingerprint density at radius 3 is 2.25 bits per heavy atom. The number of hydrogen-bond donors (Lipinski definition) is 4. The lowest BCUT2D eigenvalue weighted by Crippen LogP contribution is -2.29. The minimum absolute atomic E-state index is 0.145. The Hall–Kier alpha value is -1.78. The molecule has 0 saturated carbocycles. The van der Waals surface area contributed by atoms with Crippen molar-refractivity contribution in [2.24, 2.45) is 5.73 Å². The summed E-state index contributed by atoms with van der Waals surface area (Å²) in [4.78, 5) is 16.3. The van der Waals surface area contributed by atoms with Crippen LogP contribution in [0.2, 0.25) is 0 Å². The molecule has 0 aliphatic carbocycles. The van der Waals surface area contributed by atoms with Crippen LogP contribution in [0.1, 0.15) is 37.0 Å². The second-order valence-electron chi connectivity index (χ2n) is 6.44. The Morgan fingerprint density at radius 1 is 1.04 bits per heavy atom. The average Bonchev–Trinajstić information content (AvgIpc) is 2.70. The van der Waals surface area contributed by atoms with E-state index in [4.69, 9.17) is 19.9 Å². The predicted octanol–water partition coefficient (Wildman–Crippen LogP) is 0.925. The maximum absolute atomic E-state index is 12.1. The number of aromatic nitrogens is 1. The number of carbonyl (C=O) groups excluding carboxylic acids is 1. The summed E-state index contributed by atoms with van der Waals surface area (Å²) < 4.78 is 16.2. The van der Waals surface area contributed by atoms with Crippen molar-refractivity contribution in [3.05, 3.63) is 23.9 Å². The van der Waals surface area contributed by atoms with Gasteiger partial charge in [0.15, 0.2) is 0 Å². The number of amides is 1. The van der Waals surface area contributed by atoms with E-state index in [2.05, 4.69) is 21.2 Å². The molecule has 28 heavy (non-hydrogen) atoms. The fraction of sp³-hybridized carbons (Fsp3) is 0.684.